The van der Waals surface area contributed by atoms with Gasteiger partial charge in [-0.1, -0.05) is 20.3 Å². The molecule has 2 aliphatic carbocycles. The van der Waals surface area contributed by atoms with E-state index in [1.807, 2.05) is 0 Å². The van der Waals surface area contributed by atoms with Crippen LogP contribution in [0.25, 0.3) is 0 Å². The zero-order chi connectivity index (χ0) is 15.8. The van der Waals surface area contributed by atoms with Gasteiger partial charge in [0.25, 0.3) is 0 Å². The van der Waals surface area contributed by atoms with E-state index in [0.717, 1.165) is 25.9 Å². The molecular formula is C17H30N2O3. The van der Waals surface area contributed by atoms with Crippen molar-refractivity contribution in [2.45, 2.75) is 64.5 Å². The van der Waals surface area contributed by atoms with E-state index in [1.54, 1.807) is 0 Å². The van der Waals surface area contributed by atoms with E-state index in [2.05, 4.69) is 24.5 Å². The highest BCUT2D eigenvalue weighted by Gasteiger charge is 2.66. The van der Waals surface area contributed by atoms with E-state index >= 15 is 0 Å². The average molecular weight is 310 g/mol. The average Bonchev–Trinajstić information content (AvgIpc) is 2.90. The maximum atomic E-state index is 12.3. The predicted molar refractivity (Wildman–Crippen MR) is 84.6 cm³/mol. The second-order valence-corrected chi connectivity index (χ2v) is 7.50. The highest BCUT2D eigenvalue weighted by atomic mass is 16.5. The van der Waals surface area contributed by atoms with Gasteiger partial charge >= 0.3 is 6.03 Å². The molecule has 3 atom stereocenters. The minimum atomic E-state index is -0.190. The Morgan fingerprint density at radius 2 is 2.09 bits per heavy atom. The molecule has 126 valence electrons. The number of rotatable bonds is 6. The van der Waals surface area contributed by atoms with Gasteiger partial charge in [0.15, 0.2) is 0 Å². The molecular weight excluding hydrogens is 280 g/mol. The first-order valence-electron chi connectivity index (χ1n) is 8.87. The zero-order valence-corrected chi connectivity index (χ0v) is 13.9. The molecule has 5 heteroatoms. The molecule has 3 unspecified atom stereocenters. The minimum Gasteiger partial charge on any atom is -0.396 e. The molecule has 1 heterocycles. The molecule has 1 saturated heterocycles. The first kappa shape index (κ1) is 16.1. The standard InChI is InChI=1S/C17H30N2O3/c1-3-16(4-2,11-20)10-18-15(21)19-13-12-6-9-22-14(12)17(13)7-5-8-17/h12-14,20H,3-11H2,1-2H3,(H2,18,19,21). The Kier molecular flexibility index (Phi) is 4.38. The number of ether oxygens (including phenoxy) is 1. The number of nitrogens with one attached hydrogen (secondary N) is 2. The van der Waals surface area contributed by atoms with Gasteiger partial charge in [0.05, 0.1) is 12.7 Å². The van der Waals surface area contributed by atoms with Crippen molar-refractivity contribution in [1.82, 2.24) is 10.6 Å². The molecule has 0 aromatic heterocycles. The summed E-state index contributed by atoms with van der Waals surface area (Å²) in [4.78, 5) is 12.3. The topological polar surface area (TPSA) is 70.6 Å². The lowest BCUT2D eigenvalue weighted by atomic mass is 9.46. The van der Waals surface area contributed by atoms with Gasteiger partial charge in [0.1, 0.15) is 0 Å². The van der Waals surface area contributed by atoms with Gasteiger partial charge in [-0.2, -0.15) is 0 Å². The van der Waals surface area contributed by atoms with Crippen LogP contribution in [0.4, 0.5) is 4.79 Å². The van der Waals surface area contributed by atoms with E-state index in [4.69, 9.17) is 4.74 Å². The maximum absolute atomic E-state index is 12.3. The monoisotopic (exact) mass is 310 g/mol. The Morgan fingerprint density at radius 1 is 1.36 bits per heavy atom. The number of aliphatic hydroxyl groups excluding tert-OH is 1. The van der Waals surface area contributed by atoms with Crippen molar-refractivity contribution in [3.8, 4) is 0 Å². The fourth-order valence-corrected chi connectivity index (χ4v) is 4.70. The van der Waals surface area contributed by atoms with Crippen molar-refractivity contribution in [2.75, 3.05) is 19.8 Å². The predicted octanol–water partition coefficient (Wildman–Crippen LogP) is 2.04. The first-order valence-corrected chi connectivity index (χ1v) is 8.87. The summed E-state index contributed by atoms with van der Waals surface area (Å²) in [5, 5.41) is 15.8. The lowest BCUT2D eigenvalue weighted by molar-refractivity contribution is -0.172. The third-order valence-corrected chi connectivity index (χ3v) is 6.78. The smallest absolute Gasteiger partial charge is 0.315 e. The van der Waals surface area contributed by atoms with E-state index in [9.17, 15) is 9.90 Å². The summed E-state index contributed by atoms with van der Waals surface area (Å²) in [5.41, 5.74) is 0.0339. The van der Waals surface area contributed by atoms with Gasteiger partial charge in [0.2, 0.25) is 0 Å². The van der Waals surface area contributed by atoms with Crippen LogP contribution in [0.1, 0.15) is 52.4 Å². The third kappa shape index (κ3) is 2.33. The number of urea groups is 1. The second kappa shape index (κ2) is 6.00. The van der Waals surface area contributed by atoms with Crippen LogP contribution in [0.3, 0.4) is 0 Å². The second-order valence-electron chi connectivity index (χ2n) is 7.50. The van der Waals surface area contributed by atoms with Crippen molar-refractivity contribution in [3.63, 3.8) is 0 Å². The molecule has 1 aliphatic heterocycles. The van der Waals surface area contributed by atoms with Crippen molar-refractivity contribution < 1.29 is 14.6 Å². The van der Waals surface area contributed by atoms with Crippen LogP contribution in [-0.4, -0.2) is 43.0 Å². The van der Waals surface area contributed by atoms with Gasteiger partial charge in [-0.3, -0.25) is 0 Å². The van der Waals surface area contributed by atoms with Crippen LogP contribution in [-0.2, 0) is 4.74 Å². The summed E-state index contributed by atoms with van der Waals surface area (Å²) in [6, 6.07) is 0.196. The molecule has 3 aliphatic rings. The Hall–Kier alpha value is -0.810. The number of hydrogen-bond acceptors (Lipinski definition) is 3. The van der Waals surface area contributed by atoms with Crippen LogP contribution in [0.15, 0.2) is 0 Å². The normalized spacial score (nSPS) is 32.0. The summed E-state index contributed by atoms with van der Waals surface area (Å²) in [6.45, 7) is 5.62. The molecule has 0 aromatic rings. The summed E-state index contributed by atoms with van der Waals surface area (Å²) in [5.74, 6) is 0.506. The number of amides is 2. The molecule has 1 spiro atoms. The van der Waals surface area contributed by atoms with E-state index < -0.39 is 0 Å². The SMILES string of the molecule is CCC(CC)(CO)CNC(=O)NC1C2CCOC2C12CCC2. The highest BCUT2D eigenvalue weighted by molar-refractivity contribution is 5.74. The number of aliphatic hydroxyl groups is 1. The van der Waals surface area contributed by atoms with Crippen molar-refractivity contribution >= 4 is 6.03 Å². The van der Waals surface area contributed by atoms with Crippen LogP contribution in [0.5, 0.6) is 0 Å². The van der Waals surface area contributed by atoms with Crippen molar-refractivity contribution in [1.29, 1.82) is 0 Å². The van der Waals surface area contributed by atoms with Gasteiger partial charge in [-0.05, 0) is 32.1 Å². The summed E-state index contributed by atoms with van der Waals surface area (Å²) in [6.07, 6.45) is 6.81. The molecule has 0 aromatic carbocycles. The van der Waals surface area contributed by atoms with E-state index in [1.165, 1.54) is 19.3 Å². The van der Waals surface area contributed by atoms with Gasteiger partial charge < -0.3 is 20.5 Å². The molecule has 3 N–H and O–H groups in total. The molecule has 0 radical (unpaired) electrons. The van der Waals surface area contributed by atoms with E-state index in [0.29, 0.717) is 18.6 Å². The Balaban J connectivity index is 1.54. The van der Waals surface area contributed by atoms with Crippen LogP contribution in [0.2, 0.25) is 0 Å². The molecule has 22 heavy (non-hydrogen) atoms. The Morgan fingerprint density at radius 3 is 2.64 bits per heavy atom. The maximum Gasteiger partial charge on any atom is 0.315 e. The lowest BCUT2D eigenvalue weighted by Crippen LogP contribution is -2.72. The highest BCUT2D eigenvalue weighted by Crippen LogP contribution is 2.62. The summed E-state index contributed by atoms with van der Waals surface area (Å²) in [7, 11) is 0. The largest absolute Gasteiger partial charge is 0.396 e. The van der Waals surface area contributed by atoms with Crippen LogP contribution in [0, 0.1) is 16.7 Å². The Bertz CT molecular complexity index is 410. The third-order valence-electron chi connectivity index (χ3n) is 6.78. The molecule has 3 rings (SSSR count). The fourth-order valence-electron chi connectivity index (χ4n) is 4.70. The van der Waals surface area contributed by atoms with Gasteiger partial charge in [0, 0.05) is 35.9 Å². The number of carbonyl (C=O) groups is 1. The van der Waals surface area contributed by atoms with Crippen molar-refractivity contribution in [2.24, 2.45) is 16.7 Å². The van der Waals surface area contributed by atoms with Gasteiger partial charge in [-0.25, -0.2) is 4.79 Å². The molecule has 2 amide bonds. The lowest BCUT2D eigenvalue weighted by Gasteiger charge is -2.63. The molecule has 5 nitrogen and oxygen atoms in total. The quantitative estimate of drug-likeness (QED) is 0.703. The molecule has 3 fully saturated rings. The number of fused-ring (bicyclic) bond motifs is 2. The summed E-state index contributed by atoms with van der Waals surface area (Å²) < 4.78 is 5.88. The fraction of sp³-hybridized carbons (Fsp3) is 0.941. The molecule has 2 saturated carbocycles. The zero-order valence-electron chi connectivity index (χ0n) is 13.9. The number of hydrogen-bond donors (Lipinski definition) is 3. The van der Waals surface area contributed by atoms with Crippen LogP contribution < -0.4 is 10.6 Å². The van der Waals surface area contributed by atoms with Crippen molar-refractivity contribution in [3.05, 3.63) is 0 Å². The van der Waals surface area contributed by atoms with Gasteiger partial charge in [-0.15, -0.1) is 0 Å². The first-order chi connectivity index (χ1) is 10.6. The van der Waals surface area contributed by atoms with E-state index in [-0.39, 0.29) is 29.5 Å². The van der Waals surface area contributed by atoms with Crippen LogP contribution >= 0.6 is 0 Å². The number of carbonyl (C=O) groups excluding carboxylic acids is 1. The molecule has 0 bridgehead atoms. The minimum absolute atomic E-state index is 0.0821. The Labute approximate surface area is 133 Å². The summed E-state index contributed by atoms with van der Waals surface area (Å²) >= 11 is 0.